The molecule has 0 saturated carbocycles. The van der Waals surface area contributed by atoms with E-state index in [0.717, 1.165) is 11.4 Å². The van der Waals surface area contributed by atoms with Gasteiger partial charge in [0.2, 0.25) is 0 Å². The Labute approximate surface area is 150 Å². The predicted molar refractivity (Wildman–Crippen MR) is 98.9 cm³/mol. The van der Waals surface area contributed by atoms with E-state index >= 15 is 0 Å². The highest BCUT2D eigenvalue weighted by molar-refractivity contribution is 6.31. The molecule has 0 unspecified atom stereocenters. The van der Waals surface area contributed by atoms with Crippen molar-refractivity contribution in [3.8, 4) is 11.4 Å². The lowest BCUT2D eigenvalue weighted by molar-refractivity contribution is 0.262. The minimum atomic E-state index is -0.386. The van der Waals surface area contributed by atoms with Gasteiger partial charge in [-0.3, -0.25) is 0 Å². The number of carbonyl (C=O) groups is 1. The van der Waals surface area contributed by atoms with Crippen molar-refractivity contribution in [3.63, 3.8) is 0 Å². The summed E-state index contributed by atoms with van der Waals surface area (Å²) in [6.45, 7) is 1.93. The molecule has 0 saturated heterocycles. The van der Waals surface area contributed by atoms with Gasteiger partial charge in [0.25, 0.3) is 0 Å². The first-order valence-corrected chi connectivity index (χ1v) is 7.97. The third-order valence-electron chi connectivity index (χ3n) is 3.52. The Balaban J connectivity index is 1.68. The minimum absolute atomic E-state index is 0.386. The fourth-order valence-electron chi connectivity index (χ4n) is 2.32. The van der Waals surface area contributed by atoms with Crippen molar-refractivity contribution in [2.75, 3.05) is 17.7 Å². The van der Waals surface area contributed by atoms with Gasteiger partial charge in [-0.15, -0.1) is 0 Å². The van der Waals surface area contributed by atoms with Crippen molar-refractivity contribution in [2.45, 2.75) is 6.92 Å². The number of anilines is 2. The van der Waals surface area contributed by atoms with Crippen molar-refractivity contribution in [2.24, 2.45) is 0 Å². The number of ether oxygens (including phenoxy) is 1. The number of benzene rings is 2. The number of methoxy groups -OCH3 is 1. The van der Waals surface area contributed by atoms with Crippen LogP contribution in [0.15, 0.2) is 54.7 Å². The van der Waals surface area contributed by atoms with Crippen LogP contribution in [0.2, 0.25) is 5.02 Å². The van der Waals surface area contributed by atoms with Crippen LogP contribution in [-0.2, 0) is 0 Å². The maximum absolute atomic E-state index is 12.2. The number of halogens is 1. The van der Waals surface area contributed by atoms with E-state index in [2.05, 4.69) is 15.7 Å². The summed E-state index contributed by atoms with van der Waals surface area (Å²) in [5.41, 5.74) is 3.01. The highest BCUT2D eigenvalue weighted by Gasteiger charge is 2.09. The Hall–Kier alpha value is -2.99. The van der Waals surface area contributed by atoms with Crippen LogP contribution >= 0.6 is 11.6 Å². The van der Waals surface area contributed by atoms with Gasteiger partial charge in [-0.05, 0) is 55.5 Å². The standard InChI is InChI=1S/C18H17ClN4O2/c1-12-9-10-23(22-12)15-6-4-14(5-7-15)20-18(24)21-16-11-13(19)3-8-17(16)25-2/h3-11H,1-2H3,(H2,20,21,24). The third-order valence-corrected chi connectivity index (χ3v) is 3.76. The number of aromatic nitrogens is 2. The molecule has 25 heavy (non-hydrogen) atoms. The highest BCUT2D eigenvalue weighted by Crippen LogP contribution is 2.27. The Morgan fingerprint density at radius 3 is 2.52 bits per heavy atom. The molecule has 2 N–H and O–H groups in total. The minimum Gasteiger partial charge on any atom is -0.495 e. The van der Waals surface area contributed by atoms with Gasteiger partial charge < -0.3 is 15.4 Å². The molecular weight excluding hydrogens is 340 g/mol. The smallest absolute Gasteiger partial charge is 0.323 e. The molecular formula is C18H17ClN4O2. The van der Waals surface area contributed by atoms with Gasteiger partial charge in [0.05, 0.1) is 24.2 Å². The van der Waals surface area contributed by atoms with Gasteiger partial charge in [-0.2, -0.15) is 5.10 Å². The van der Waals surface area contributed by atoms with Crippen LogP contribution in [-0.4, -0.2) is 22.9 Å². The molecule has 7 heteroatoms. The lowest BCUT2D eigenvalue weighted by atomic mass is 10.3. The largest absolute Gasteiger partial charge is 0.495 e. The van der Waals surface area contributed by atoms with Gasteiger partial charge in [0, 0.05) is 16.9 Å². The zero-order chi connectivity index (χ0) is 17.8. The summed E-state index contributed by atoms with van der Waals surface area (Å²) < 4.78 is 6.98. The van der Waals surface area contributed by atoms with Crippen LogP contribution in [0.3, 0.4) is 0 Å². The Morgan fingerprint density at radius 1 is 1.12 bits per heavy atom. The second kappa shape index (κ2) is 7.27. The molecule has 2 amide bonds. The molecule has 0 aliphatic rings. The maximum atomic E-state index is 12.2. The number of aryl methyl sites for hydroxylation is 1. The molecule has 0 aliphatic carbocycles. The zero-order valence-electron chi connectivity index (χ0n) is 13.8. The normalized spacial score (nSPS) is 10.4. The lowest BCUT2D eigenvalue weighted by Gasteiger charge is -2.12. The van der Waals surface area contributed by atoms with Crippen LogP contribution in [0.4, 0.5) is 16.2 Å². The SMILES string of the molecule is COc1ccc(Cl)cc1NC(=O)Nc1ccc(-n2ccc(C)n2)cc1. The average molecular weight is 357 g/mol. The molecule has 0 atom stereocenters. The van der Waals surface area contributed by atoms with Crippen molar-refractivity contribution in [1.29, 1.82) is 0 Å². The number of nitrogens with zero attached hydrogens (tertiary/aromatic N) is 2. The Morgan fingerprint density at radius 2 is 1.88 bits per heavy atom. The molecule has 3 rings (SSSR count). The van der Waals surface area contributed by atoms with E-state index in [1.54, 1.807) is 35.0 Å². The number of hydrogen-bond donors (Lipinski definition) is 2. The summed E-state index contributed by atoms with van der Waals surface area (Å²) in [7, 11) is 1.53. The maximum Gasteiger partial charge on any atom is 0.323 e. The summed E-state index contributed by atoms with van der Waals surface area (Å²) in [5.74, 6) is 0.531. The van der Waals surface area contributed by atoms with Crippen molar-refractivity contribution >= 4 is 29.0 Å². The third kappa shape index (κ3) is 4.10. The van der Waals surface area contributed by atoms with E-state index < -0.39 is 0 Å². The molecule has 2 aromatic carbocycles. The topological polar surface area (TPSA) is 68.2 Å². The second-order valence-corrected chi connectivity index (χ2v) is 5.81. The Kier molecular flexibility index (Phi) is 4.90. The number of carbonyl (C=O) groups excluding carboxylic acids is 1. The first kappa shape index (κ1) is 16.9. The summed E-state index contributed by atoms with van der Waals surface area (Å²) >= 11 is 5.96. The van der Waals surface area contributed by atoms with Gasteiger partial charge in [0.15, 0.2) is 0 Å². The molecule has 0 fully saturated rings. The van der Waals surface area contributed by atoms with E-state index in [9.17, 15) is 4.79 Å². The van der Waals surface area contributed by atoms with E-state index in [-0.39, 0.29) is 6.03 Å². The van der Waals surface area contributed by atoms with Crippen molar-refractivity contribution in [1.82, 2.24) is 9.78 Å². The van der Waals surface area contributed by atoms with Crippen molar-refractivity contribution < 1.29 is 9.53 Å². The van der Waals surface area contributed by atoms with Crippen LogP contribution in [0, 0.1) is 6.92 Å². The zero-order valence-corrected chi connectivity index (χ0v) is 14.5. The first-order chi connectivity index (χ1) is 12.0. The van der Waals surface area contributed by atoms with E-state index in [1.165, 1.54) is 7.11 Å². The highest BCUT2D eigenvalue weighted by atomic mass is 35.5. The number of urea groups is 1. The van der Waals surface area contributed by atoms with Gasteiger partial charge >= 0.3 is 6.03 Å². The summed E-state index contributed by atoms with van der Waals surface area (Å²) in [5, 5.41) is 10.3. The number of rotatable bonds is 4. The predicted octanol–water partition coefficient (Wildman–Crippen LogP) is 4.49. The number of amides is 2. The summed E-state index contributed by atoms with van der Waals surface area (Å²) in [6.07, 6.45) is 1.88. The van der Waals surface area contributed by atoms with E-state index in [1.807, 2.05) is 31.3 Å². The Bertz CT molecular complexity index is 890. The molecule has 0 spiro atoms. The molecule has 3 aromatic rings. The quantitative estimate of drug-likeness (QED) is 0.723. The monoisotopic (exact) mass is 356 g/mol. The van der Waals surface area contributed by atoms with Crippen LogP contribution in [0.5, 0.6) is 5.75 Å². The van der Waals surface area contributed by atoms with Gasteiger partial charge in [-0.1, -0.05) is 11.6 Å². The second-order valence-electron chi connectivity index (χ2n) is 5.37. The van der Waals surface area contributed by atoms with E-state index in [0.29, 0.717) is 22.1 Å². The lowest BCUT2D eigenvalue weighted by Crippen LogP contribution is -2.19. The molecule has 1 heterocycles. The summed E-state index contributed by atoms with van der Waals surface area (Å²) in [4.78, 5) is 12.2. The molecule has 0 radical (unpaired) electrons. The fraction of sp³-hybridized carbons (Fsp3) is 0.111. The molecule has 1 aromatic heterocycles. The van der Waals surface area contributed by atoms with Crippen LogP contribution < -0.4 is 15.4 Å². The summed E-state index contributed by atoms with van der Waals surface area (Å²) in [6, 6.07) is 13.9. The first-order valence-electron chi connectivity index (χ1n) is 7.59. The molecule has 0 aliphatic heterocycles. The van der Waals surface area contributed by atoms with Crippen LogP contribution in [0.1, 0.15) is 5.69 Å². The average Bonchev–Trinajstić information content (AvgIpc) is 3.02. The molecule has 0 bridgehead atoms. The van der Waals surface area contributed by atoms with E-state index in [4.69, 9.17) is 16.3 Å². The molecule has 6 nitrogen and oxygen atoms in total. The van der Waals surface area contributed by atoms with Crippen LogP contribution in [0.25, 0.3) is 5.69 Å². The fourth-order valence-corrected chi connectivity index (χ4v) is 2.49. The number of nitrogens with one attached hydrogen (secondary N) is 2. The van der Waals surface area contributed by atoms with Crippen molar-refractivity contribution in [3.05, 3.63) is 65.4 Å². The molecule has 128 valence electrons. The van der Waals surface area contributed by atoms with Gasteiger partial charge in [-0.25, -0.2) is 9.48 Å². The van der Waals surface area contributed by atoms with Gasteiger partial charge in [0.1, 0.15) is 5.75 Å². The number of hydrogen-bond acceptors (Lipinski definition) is 3.